The number of aliphatic hydroxyl groups is 1. The van der Waals surface area contributed by atoms with Gasteiger partial charge in [-0.2, -0.15) is 0 Å². The number of likely N-dealkylation sites (tertiary alicyclic amines) is 1. The van der Waals surface area contributed by atoms with Crippen molar-refractivity contribution in [2.75, 3.05) is 6.54 Å². The molecule has 0 spiro atoms. The van der Waals surface area contributed by atoms with Gasteiger partial charge in [-0.05, 0) is 38.5 Å². The lowest BCUT2D eigenvalue weighted by Gasteiger charge is -2.27. The topological polar surface area (TPSA) is 69.6 Å². The first-order valence-electron chi connectivity index (χ1n) is 8.41. The van der Waals surface area contributed by atoms with Gasteiger partial charge in [-0.1, -0.05) is 12.8 Å². The molecule has 118 valence electrons. The number of nitrogens with one attached hydrogen (secondary N) is 1. The van der Waals surface area contributed by atoms with Crippen LogP contribution in [0.3, 0.4) is 0 Å². The molecule has 1 aliphatic heterocycles. The van der Waals surface area contributed by atoms with Crippen LogP contribution in [0.25, 0.3) is 0 Å². The Hall–Kier alpha value is -1.10. The third kappa shape index (κ3) is 3.39. The zero-order valence-electron chi connectivity index (χ0n) is 12.6. The van der Waals surface area contributed by atoms with Gasteiger partial charge in [-0.3, -0.25) is 9.59 Å². The number of aliphatic hydroxyl groups excluding tert-OH is 1. The van der Waals surface area contributed by atoms with Crippen molar-refractivity contribution in [3.05, 3.63) is 0 Å². The van der Waals surface area contributed by atoms with Gasteiger partial charge in [0.15, 0.2) is 0 Å². The lowest BCUT2D eigenvalue weighted by atomic mass is 9.92. The van der Waals surface area contributed by atoms with Crippen molar-refractivity contribution in [1.29, 1.82) is 0 Å². The Labute approximate surface area is 126 Å². The van der Waals surface area contributed by atoms with E-state index in [0.29, 0.717) is 19.0 Å². The molecule has 2 aliphatic carbocycles. The van der Waals surface area contributed by atoms with Crippen LogP contribution >= 0.6 is 0 Å². The largest absolute Gasteiger partial charge is 0.393 e. The van der Waals surface area contributed by atoms with Gasteiger partial charge >= 0.3 is 0 Å². The number of hydrogen-bond donors (Lipinski definition) is 2. The van der Waals surface area contributed by atoms with Crippen LogP contribution in [0.2, 0.25) is 0 Å². The maximum atomic E-state index is 12.3. The maximum absolute atomic E-state index is 12.3. The lowest BCUT2D eigenvalue weighted by Crippen LogP contribution is -2.42. The predicted molar refractivity (Wildman–Crippen MR) is 78.5 cm³/mol. The molecule has 1 heterocycles. The van der Waals surface area contributed by atoms with Crippen molar-refractivity contribution in [3.63, 3.8) is 0 Å². The first-order valence-corrected chi connectivity index (χ1v) is 8.41. The van der Waals surface area contributed by atoms with Crippen LogP contribution in [0.4, 0.5) is 0 Å². The smallest absolute Gasteiger partial charge is 0.225 e. The molecule has 0 aromatic heterocycles. The number of nitrogens with zero attached hydrogens (tertiary/aromatic N) is 1. The molecule has 2 amide bonds. The molecule has 5 heteroatoms. The Morgan fingerprint density at radius 3 is 2.43 bits per heavy atom. The molecule has 0 radical (unpaired) electrons. The first kappa shape index (κ1) is 14.8. The van der Waals surface area contributed by atoms with Gasteiger partial charge in [0, 0.05) is 25.0 Å². The second-order valence-electron chi connectivity index (χ2n) is 6.90. The van der Waals surface area contributed by atoms with Crippen molar-refractivity contribution in [3.8, 4) is 0 Å². The molecule has 21 heavy (non-hydrogen) atoms. The maximum Gasteiger partial charge on any atom is 0.225 e. The molecule has 3 aliphatic rings. The zero-order valence-corrected chi connectivity index (χ0v) is 12.6. The van der Waals surface area contributed by atoms with Crippen LogP contribution in [0.15, 0.2) is 0 Å². The fraction of sp³-hybridized carbons (Fsp3) is 0.875. The van der Waals surface area contributed by atoms with E-state index >= 15 is 0 Å². The molecule has 3 fully saturated rings. The number of carbonyl (C=O) groups is 2. The summed E-state index contributed by atoms with van der Waals surface area (Å²) < 4.78 is 0. The summed E-state index contributed by atoms with van der Waals surface area (Å²) in [4.78, 5) is 26.4. The van der Waals surface area contributed by atoms with E-state index in [1.807, 2.05) is 4.90 Å². The zero-order chi connectivity index (χ0) is 14.8. The Morgan fingerprint density at radius 1 is 1.10 bits per heavy atom. The fourth-order valence-electron chi connectivity index (χ4n) is 4.02. The van der Waals surface area contributed by atoms with Crippen LogP contribution in [0, 0.1) is 5.92 Å². The minimum Gasteiger partial charge on any atom is -0.393 e. The van der Waals surface area contributed by atoms with E-state index in [1.54, 1.807) is 0 Å². The molecule has 0 bridgehead atoms. The van der Waals surface area contributed by atoms with E-state index in [1.165, 1.54) is 12.8 Å². The van der Waals surface area contributed by atoms with E-state index in [9.17, 15) is 14.7 Å². The van der Waals surface area contributed by atoms with Gasteiger partial charge in [0.25, 0.3) is 0 Å². The Morgan fingerprint density at radius 2 is 1.76 bits per heavy atom. The highest BCUT2D eigenvalue weighted by molar-refractivity contribution is 5.89. The number of rotatable bonds is 3. The SMILES string of the molecule is O=C(NC1CCC(O)CC1)C1CC(=O)N(C2CCCC2)C1. The molecular weight excluding hydrogens is 268 g/mol. The summed E-state index contributed by atoms with van der Waals surface area (Å²) in [5.74, 6) is 0.0105. The minimum atomic E-state index is -0.205. The number of hydrogen-bond acceptors (Lipinski definition) is 3. The predicted octanol–water partition coefficient (Wildman–Crippen LogP) is 1.20. The van der Waals surface area contributed by atoms with Crippen LogP contribution in [0.5, 0.6) is 0 Å². The molecule has 0 aromatic carbocycles. The molecule has 3 rings (SSSR count). The highest BCUT2D eigenvalue weighted by atomic mass is 16.3. The molecule has 0 aromatic rings. The van der Waals surface area contributed by atoms with Gasteiger partial charge in [-0.15, -0.1) is 0 Å². The lowest BCUT2D eigenvalue weighted by molar-refractivity contribution is -0.130. The number of carbonyl (C=O) groups excluding carboxylic acids is 2. The van der Waals surface area contributed by atoms with Gasteiger partial charge < -0.3 is 15.3 Å². The highest BCUT2D eigenvalue weighted by Crippen LogP contribution is 2.29. The van der Waals surface area contributed by atoms with E-state index in [2.05, 4.69) is 5.32 Å². The number of amides is 2. The van der Waals surface area contributed by atoms with Crippen LogP contribution < -0.4 is 5.32 Å². The summed E-state index contributed by atoms with van der Waals surface area (Å²) in [5.41, 5.74) is 0. The van der Waals surface area contributed by atoms with Crippen molar-refractivity contribution < 1.29 is 14.7 Å². The second kappa shape index (κ2) is 6.34. The normalized spacial score (nSPS) is 34.4. The molecule has 1 atom stereocenters. The highest BCUT2D eigenvalue weighted by Gasteiger charge is 2.39. The summed E-state index contributed by atoms with van der Waals surface area (Å²) in [5, 5.41) is 12.6. The molecule has 1 saturated heterocycles. The monoisotopic (exact) mass is 294 g/mol. The Bertz CT molecular complexity index is 398. The third-order valence-corrected chi connectivity index (χ3v) is 5.34. The Kier molecular flexibility index (Phi) is 4.48. The van der Waals surface area contributed by atoms with Crippen molar-refractivity contribution in [1.82, 2.24) is 10.2 Å². The summed E-state index contributed by atoms with van der Waals surface area (Å²) in [7, 11) is 0. The van der Waals surface area contributed by atoms with Gasteiger partial charge in [0.05, 0.1) is 12.0 Å². The summed E-state index contributed by atoms with van der Waals surface area (Å²) in [6, 6.07) is 0.552. The standard InChI is InChI=1S/C16H26N2O3/c19-14-7-5-12(6-8-14)17-16(21)11-9-15(20)18(10-11)13-3-1-2-4-13/h11-14,19H,1-10H2,(H,17,21). The van der Waals surface area contributed by atoms with Crippen LogP contribution in [-0.4, -0.2) is 46.6 Å². The average Bonchev–Trinajstić information content (AvgIpc) is 3.10. The van der Waals surface area contributed by atoms with Gasteiger partial charge in [0.1, 0.15) is 0 Å². The van der Waals surface area contributed by atoms with Crippen molar-refractivity contribution in [2.45, 2.75) is 76.0 Å². The first-order chi connectivity index (χ1) is 10.1. The minimum absolute atomic E-state index is 0.0326. The van der Waals surface area contributed by atoms with E-state index in [4.69, 9.17) is 0 Å². The van der Waals surface area contributed by atoms with Crippen molar-refractivity contribution in [2.24, 2.45) is 5.92 Å². The third-order valence-electron chi connectivity index (χ3n) is 5.34. The summed E-state index contributed by atoms with van der Waals surface area (Å²) in [6.07, 6.45) is 8.00. The molecule has 2 saturated carbocycles. The summed E-state index contributed by atoms with van der Waals surface area (Å²) >= 11 is 0. The van der Waals surface area contributed by atoms with E-state index in [0.717, 1.165) is 38.5 Å². The van der Waals surface area contributed by atoms with E-state index < -0.39 is 0 Å². The Balaban J connectivity index is 1.50. The molecule has 1 unspecified atom stereocenters. The molecule has 5 nitrogen and oxygen atoms in total. The molecule has 2 N–H and O–H groups in total. The van der Waals surface area contributed by atoms with Gasteiger partial charge in [0.2, 0.25) is 11.8 Å². The average molecular weight is 294 g/mol. The second-order valence-corrected chi connectivity index (χ2v) is 6.90. The van der Waals surface area contributed by atoms with Crippen molar-refractivity contribution >= 4 is 11.8 Å². The van der Waals surface area contributed by atoms with Crippen LogP contribution in [-0.2, 0) is 9.59 Å². The van der Waals surface area contributed by atoms with E-state index in [-0.39, 0.29) is 29.9 Å². The molecular formula is C16H26N2O3. The fourth-order valence-corrected chi connectivity index (χ4v) is 4.02. The summed E-state index contributed by atoms with van der Waals surface area (Å²) in [6.45, 7) is 0.602. The van der Waals surface area contributed by atoms with Gasteiger partial charge in [-0.25, -0.2) is 0 Å². The van der Waals surface area contributed by atoms with Crippen LogP contribution in [0.1, 0.15) is 57.8 Å². The quantitative estimate of drug-likeness (QED) is 0.821.